The molecule has 0 saturated carbocycles. The molecule has 2 aromatic carbocycles. The van der Waals surface area contributed by atoms with Crippen molar-refractivity contribution < 1.29 is 14.3 Å². The molecule has 1 atom stereocenters. The van der Waals surface area contributed by atoms with Crippen LogP contribution in [0.25, 0.3) is 5.52 Å². The van der Waals surface area contributed by atoms with Crippen molar-refractivity contribution in [3.05, 3.63) is 96.7 Å². The van der Waals surface area contributed by atoms with Gasteiger partial charge in [0.2, 0.25) is 11.7 Å². The van der Waals surface area contributed by atoms with Crippen LogP contribution in [0, 0.1) is 0 Å². The first-order chi connectivity index (χ1) is 16.6. The van der Waals surface area contributed by atoms with Gasteiger partial charge in [0, 0.05) is 24.5 Å². The van der Waals surface area contributed by atoms with E-state index < -0.39 is 0 Å². The van der Waals surface area contributed by atoms with E-state index in [1.54, 1.807) is 46.0 Å². The molecule has 0 unspecified atom stereocenters. The number of imidazole rings is 1. The van der Waals surface area contributed by atoms with Crippen molar-refractivity contribution in [2.24, 2.45) is 0 Å². The van der Waals surface area contributed by atoms with Gasteiger partial charge in [-0.1, -0.05) is 24.8 Å². The highest BCUT2D eigenvalue weighted by Crippen LogP contribution is 2.34. The Morgan fingerprint density at radius 3 is 2.56 bits per heavy atom. The van der Waals surface area contributed by atoms with Crippen LogP contribution in [0.2, 0.25) is 0 Å². The number of ketones is 1. The Hall–Kier alpha value is -4.46. The molecule has 2 N–H and O–H groups in total. The summed E-state index contributed by atoms with van der Waals surface area (Å²) in [6.45, 7) is 4.21. The van der Waals surface area contributed by atoms with Crippen LogP contribution in [0.5, 0.6) is 11.5 Å². The third kappa shape index (κ3) is 3.79. The fraction of sp³-hybridized carbons (Fsp3) is 0.154. The molecule has 4 aromatic rings. The maximum absolute atomic E-state index is 13.5. The molecule has 1 fully saturated rings. The van der Waals surface area contributed by atoms with E-state index in [1.165, 1.54) is 6.08 Å². The van der Waals surface area contributed by atoms with E-state index in [4.69, 9.17) is 15.5 Å². The monoisotopic (exact) mass is 453 g/mol. The molecular weight excluding hydrogens is 430 g/mol. The Kier molecular flexibility index (Phi) is 5.55. The van der Waals surface area contributed by atoms with Crippen molar-refractivity contribution in [2.75, 3.05) is 12.3 Å². The van der Waals surface area contributed by atoms with Crippen LogP contribution in [0.15, 0.2) is 79.6 Å². The van der Waals surface area contributed by atoms with E-state index in [0.717, 1.165) is 12.8 Å². The number of hydrogen-bond acceptors (Lipinski definition) is 6. The lowest BCUT2D eigenvalue weighted by molar-refractivity contribution is -0.127. The normalized spacial score (nSPS) is 15.4. The molecule has 2 aromatic heterocycles. The second kappa shape index (κ2) is 8.82. The number of amides is 1. The van der Waals surface area contributed by atoms with Crippen molar-refractivity contribution in [2.45, 2.75) is 18.9 Å². The fourth-order valence-electron chi connectivity index (χ4n) is 4.33. The van der Waals surface area contributed by atoms with Gasteiger partial charge in [0.05, 0.1) is 6.04 Å². The third-order valence-electron chi connectivity index (χ3n) is 5.93. The van der Waals surface area contributed by atoms with Gasteiger partial charge in [0.1, 0.15) is 34.4 Å². The van der Waals surface area contributed by atoms with Crippen LogP contribution in [-0.2, 0) is 4.79 Å². The van der Waals surface area contributed by atoms with E-state index in [2.05, 4.69) is 11.6 Å². The van der Waals surface area contributed by atoms with Crippen molar-refractivity contribution in [1.29, 1.82) is 0 Å². The zero-order valence-electron chi connectivity index (χ0n) is 18.4. The first-order valence-electron chi connectivity index (χ1n) is 11.0. The third-order valence-corrected chi connectivity index (χ3v) is 5.93. The minimum Gasteiger partial charge on any atom is -0.457 e. The predicted octanol–water partition coefficient (Wildman–Crippen LogP) is 4.18. The van der Waals surface area contributed by atoms with Crippen LogP contribution in [-0.4, -0.2) is 37.5 Å². The average Bonchev–Trinajstić information content (AvgIpc) is 3.50. The topological polar surface area (TPSA) is 103 Å². The van der Waals surface area contributed by atoms with Crippen LogP contribution >= 0.6 is 0 Å². The number of fused-ring (bicyclic) bond motifs is 1. The number of hydrogen-bond donors (Lipinski definition) is 1. The Balaban J connectivity index is 1.51. The second-order valence-electron chi connectivity index (χ2n) is 8.01. The number of nitrogens with two attached hydrogens (primary N) is 1. The molecule has 5 rings (SSSR count). The number of para-hydroxylation sites is 1. The first-order valence-corrected chi connectivity index (χ1v) is 11.0. The van der Waals surface area contributed by atoms with Gasteiger partial charge in [0.25, 0.3) is 0 Å². The number of nitrogens with zero attached hydrogens (tertiary/aromatic N) is 4. The van der Waals surface area contributed by atoms with Crippen molar-refractivity contribution >= 4 is 23.0 Å². The van der Waals surface area contributed by atoms with Gasteiger partial charge in [-0.15, -0.1) is 0 Å². The van der Waals surface area contributed by atoms with Crippen LogP contribution in [0.1, 0.15) is 40.8 Å². The predicted molar refractivity (Wildman–Crippen MR) is 128 cm³/mol. The quantitative estimate of drug-likeness (QED) is 0.347. The summed E-state index contributed by atoms with van der Waals surface area (Å²) >= 11 is 0. The number of aromatic nitrogens is 3. The summed E-state index contributed by atoms with van der Waals surface area (Å²) in [7, 11) is 0. The highest BCUT2D eigenvalue weighted by molar-refractivity contribution is 6.13. The number of nitrogen functional groups attached to an aromatic ring is 1. The maximum Gasteiger partial charge on any atom is 0.246 e. The number of carbonyl (C=O) groups excluding carboxylic acids is 2. The summed E-state index contributed by atoms with van der Waals surface area (Å²) in [5.41, 5.74) is 7.26. The van der Waals surface area contributed by atoms with Gasteiger partial charge in [-0.05, 0) is 55.3 Å². The van der Waals surface area contributed by atoms with E-state index in [0.29, 0.717) is 34.9 Å². The zero-order valence-corrected chi connectivity index (χ0v) is 18.4. The first kappa shape index (κ1) is 21.4. The van der Waals surface area contributed by atoms with Gasteiger partial charge in [-0.3, -0.25) is 14.0 Å². The Morgan fingerprint density at radius 2 is 1.82 bits per heavy atom. The molecule has 8 heteroatoms. The molecule has 0 bridgehead atoms. The standard InChI is InChI=1S/C26H23N5O3/c1-2-21(32)30-15-6-9-20(30)26-29-22(23-25(27)28-14-16-31(23)26)24(33)17-10-12-19(13-11-17)34-18-7-4-3-5-8-18/h2-5,7-8,10-14,16,20H,1,6,9,15H2,(H2,27,28)/t20-/m0/s1. The van der Waals surface area contributed by atoms with Crippen LogP contribution in [0.3, 0.4) is 0 Å². The average molecular weight is 454 g/mol. The lowest BCUT2D eigenvalue weighted by Crippen LogP contribution is -2.29. The largest absolute Gasteiger partial charge is 0.457 e. The molecule has 34 heavy (non-hydrogen) atoms. The lowest BCUT2D eigenvalue weighted by Gasteiger charge is -2.22. The van der Waals surface area contributed by atoms with Crippen molar-refractivity contribution in [3.8, 4) is 11.5 Å². The minimum atomic E-state index is -0.283. The van der Waals surface area contributed by atoms with E-state index in [1.807, 2.05) is 30.3 Å². The fourth-order valence-corrected chi connectivity index (χ4v) is 4.33. The summed E-state index contributed by atoms with van der Waals surface area (Å²) in [4.78, 5) is 36.5. The molecule has 170 valence electrons. The summed E-state index contributed by atoms with van der Waals surface area (Å²) in [5.74, 6) is 1.67. The zero-order chi connectivity index (χ0) is 23.7. The highest BCUT2D eigenvalue weighted by Gasteiger charge is 2.34. The van der Waals surface area contributed by atoms with Gasteiger partial charge in [0.15, 0.2) is 0 Å². The smallest absolute Gasteiger partial charge is 0.246 e. The molecule has 0 spiro atoms. The van der Waals surface area contributed by atoms with Crippen LogP contribution in [0.4, 0.5) is 5.82 Å². The lowest BCUT2D eigenvalue weighted by atomic mass is 10.1. The Morgan fingerprint density at radius 1 is 1.09 bits per heavy atom. The Labute approximate surface area is 196 Å². The highest BCUT2D eigenvalue weighted by atomic mass is 16.5. The molecule has 0 radical (unpaired) electrons. The SMILES string of the molecule is C=CC(=O)N1CCC[C@H]1c1nc(C(=O)c2ccc(Oc3ccccc3)cc2)c2c(N)nccn12. The summed E-state index contributed by atoms with van der Waals surface area (Å²) in [6, 6.07) is 16.0. The number of carbonyl (C=O) groups is 2. The summed E-state index contributed by atoms with van der Waals surface area (Å²) < 4.78 is 7.58. The summed E-state index contributed by atoms with van der Waals surface area (Å²) in [5, 5.41) is 0. The maximum atomic E-state index is 13.5. The number of ether oxygens (including phenoxy) is 1. The van der Waals surface area contributed by atoms with Crippen LogP contribution < -0.4 is 10.5 Å². The van der Waals surface area contributed by atoms with Gasteiger partial charge in [-0.2, -0.15) is 0 Å². The second-order valence-corrected chi connectivity index (χ2v) is 8.01. The molecule has 0 aliphatic carbocycles. The van der Waals surface area contributed by atoms with E-state index >= 15 is 0 Å². The molecule has 1 amide bonds. The minimum absolute atomic E-state index is 0.164. The van der Waals surface area contributed by atoms with Gasteiger partial charge in [-0.25, -0.2) is 9.97 Å². The summed E-state index contributed by atoms with van der Waals surface area (Å²) in [6.07, 6.45) is 6.16. The number of rotatable bonds is 6. The van der Waals surface area contributed by atoms with Gasteiger partial charge >= 0.3 is 0 Å². The van der Waals surface area contributed by atoms with E-state index in [9.17, 15) is 9.59 Å². The number of benzene rings is 2. The number of likely N-dealkylation sites (tertiary alicyclic amines) is 1. The van der Waals surface area contributed by atoms with Crippen molar-refractivity contribution in [1.82, 2.24) is 19.3 Å². The van der Waals surface area contributed by atoms with E-state index in [-0.39, 0.29) is 29.2 Å². The molecule has 1 saturated heterocycles. The molecule has 1 aliphatic rings. The molecule has 3 heterocycles. The van der Waals surface area contributed by atoms with Crippen molar-refractivity contribution in [3.63, 3.8) is 0 Å². The molecule has 8 nitrogen and oxygen atoms in total. The molecular formula is C26H23N5O3. The Bertz CT molecular complexity index is 1380. The van der Waals surface area contributed by atoms with Gasteiger partial charge < -0.3 is 15.4 Å². The number of anilines is 1. The molecule has 1 aliphatic heterocycles.